The van der Waals surface area contributed by atoms with Gasteiger partial charge >= 0.3 is 11.9 Å². The molecular formula is C13H17NO7. The van der Waals surface area contributed by atoms with Crippen molar-refractivity contribution in [3.8, 4) is 0 Å². The Morgan fingerprint density at radius 3 is 2.48 bits per heavy atom. The quantitative estimate of drug-likeness (QED) is 0.529. The number of aliphatic hydroxyl groups excluding tert-OH is 2. The van der Waals surface area contributed by atoms with Crippen LogP contribution in [0.5, 0.6) is 0 Å². The number of carboxylic acids is 1. The van der Waals surface area contributed by atoms with Crippen molar-refractivity contribution in [3.05, 3.63) is 23.2 Å². The molecule has 3 N–H and O–H groups in total. The number of carbonyl (C=O) groups is 2. The standard InChI is InChI=1S/C13H17NO7/c1-13(2,3)21-10(16)6-20-14-8-4-7(12(18)19)5-9(15)11(8)17/h5,15,17H,4,6H2,1-3H3,(H,18,19). The molecule has 0 spiro atoms. The smallest absolute Gasteiger partial charge is 0.347 e. The molecule has 116 valence electrons. The molecule has 1 aliphatic rings. The molecule has 0 saturated heterocycles. The maximum atomic E-state index is 11.4. The first-order valence-corrected chi connectivity index (χ1v) is 6.07. The Hall–Kier alpha value is -2.51. The van der Waals surface area contributed by atoms with Gasteiger partial charge in [-0.15, -0.1) is 0 Å². The molecule has 0 atom stereocenters. The number of aliphatic hydroxyl groups is 2. The number of esters is 1. The van der Waals surface area contributed by atoms with Crippen molar-refractivity contribution in [1.82, 2.24) is 0 Å². The van der Waals surface area contributed by atoms with E-state index in [1.54, 1.807) is 20.8 Å². The number of nitrogens with zero attached hydrogens (tertiary/aromatic N) is 1. The van der Waals surface area contributed by atoms with Crippen LogP contribution < -0.4 is 0 Å². The Labute approximate surface area is 121 Å². The Balaban J connectivity index is 2.68. The molecular weight excluding hydrogens is 282 g/mol. The van der Waals surface area contributed by atoms with Crippen LogP contribution in [0.1, 0.15) is 27.2 Å². The average Bonchev–Trinajstić information content (AvgIpc) is 2.31. The maximum Gasteiger partial charge on any atom is 0.347 e. The molecule has 0 aliphatic heterocycles. The predicted octanol–water partition coefficient (Wildman–Crippen LogP) is 1.44. The van der Waals surface area contributed by atoms with Crippen LogP contribution >= 0.6 is 0 Å². The molecule has 0 saturated carbocycles. The van der Waals surface area contributed by atoms with Crippen LogP contribution in [0.2, 0.25) is 0 Å². The molecule has 0 bridgehead atoms. The van der Waals surface area contributed by atoms with Gasteiger partial charge in [0.1, 0.15) is 11.3 Å². The lowest BCUT2D eigenvalue weighted by atomic mass is 10.0. The van der Waals surface area contributed by atoms with Gasteiger partial charge in [-0.1, -0.05) is 5.16 Å². The summed E-state index contributed by atoms with van der Waals surface area (Å²) in [6.45, 7) is 4.57. The topological polar surface area (TPSA) is 126 Å². The summed E-state index contributed by atoms with van der Waals surface area (Å²) >= 11 is 0. The van der Waals surface area contributed by atoms with Gasteiger partial charge < -0.3 is 24.9 Å². The second kappa shape index (κ2) is 6.29. The first-order chi connectivity index (χ1) is 9.60. The summed E-state index contributed by atoms with van der Waals surface area (Å²) in [5.74, 6) is -3.14. The number of oxime groups is 1. The fourth-order valence-electron chi connectivity index (χ4n) is 1.44. The SMILES string of the molecule is CC(C)(C)OC(=O)CON=C1CC(C(=O)O)=CC(O)=C1O. The van der Waals surface area contributed by atoms with E-state index in [1.165, 1.54) is 0 Å². The van der Waals surface area contributed by atoms with Crippen molar-refractivity contribution in [1.29, 1.82) is 0 Å². The number of rotatable bonds is 4. The Kier molecular flexibility index (Phi) is 4.96. The number of carbonyl (C=O) groups excluding carboxylic acids is 1. The third-order valence-corrected chi connectivity index (χ3v) is 2.24. The van der Waals surface area contributed by atoms with E-state index in [9.17, 15) is 19.8 Å². The van der Waals surface area contributed by atoms with Crippen molar-refractivity contribution in [3.63, 3.8) is 0 Å². The van der Waals surface area contributed by atoms with E-state index in [0.29, 0.717) is 0 Å². The molecule has 1 rings (SSSR count). The highest BCUT2D eigenvalue weighted by Gasteiger charge is 2.24. The first kappa shape index (κ1) is 16.5. The van der Waals surface area contributed by atoms with E-state index in [1.807, 2.05) is 0 Å². The summed E-state index contributed by atoms with van der Waals surface area (Å²) < 4.78 is 4.97. The summed E-state index contributed by atoms with van der Waals surface area (Å²) in [5, 5.41) is 31.3. The molecule has 0 unspecified atom stereocenters. The van der Waals surface area contributed by atoms with Crippen LogP contribution in [0, 0.1) is 0 Å². The number of carboxylic acid groups (broad SMARTS) is 1. The van der Waals surface area contributed by atoms with Gasteiger partial charge in [0.15, 0.2) is 11.5 Å². The summed E-state index contributed by atoms with van der Waals surface area (Å²) in [6, 6.07) is 0. The first-order valence-electron chi connectivity index (χ1n) is 6.07. The number of hydrogen-bond donors (Lipinski definition) is 3. The van der Waals surface area contributed by atoms with Crippen molar-refractivity contribution >= 4 is 17.7 Å². The zero-order chi connectivity index (χ0) is 16.2. The van der Waals surface area contributed by atoms with E-state index in [-0.39, 0.29) is 17.7 Å². The molecule has 0 aromatic rings. The van der Waals surface area contributed by atoms with Gasteiger partial charge in [-0.25, -0.2) is 9.59 Å². The minimum absolute atomic E-state index is 0.162. The zero-order valence-electron chi connectivity index (χ0n) is 11.9. The molecule has 8 heteroatoms. The highest BCUT2D eigenvalue weighted by atomic mass is 16.7. The van der Waals surface area contributed by atoms with Crippen LogP contribution in [-0.2, 0) is 19.2 Å². The van der Waals surface area contributed by atoms with E-state index in [0.717, 1.165) is 6.08 Å². The highest BCUT2D eigenvalue weighted by molar-refractivity contribution is 6.06. The predicted molar refractivity (Wildman–Crippen MR) is 71.9 cm³/mol. The molecule has 0 aromatic heterocycles. The minimum atomic E-state index is -1.26. The number of hydrogen-bond acceptors (Lipinski definition) is 7. The average molecular weight is 299 g/mol. The number of allylic oxidation sites excluding steroid dienone is 2. The molecule has 0 amide bonds. The van der Waals surface area contributed by atoms with Crippen LogP contribution in [0.15, 0.2) is 28.3 Å². The zero-order valence-corrected chi connectivity index (χ0v) is 11.9. The Morgan fingerprint density at radius 2 is 1.95 bits per heavy atom. The summed E-state index contributed by atoms with van der Waals surface area (Å²) in [6.07, 6.45) is 0.685. The Bertz CT molecular complexity index is 537. The molecule has 0 fully saturated rings. The summed E-state index contributed by atoms with van der Waals surface area (Å²) in [5.41, 5.74) is -1.02. The molecule has 1 aliphatic carbocycles. The van der Waals surface area contributed by atoms with Gasteiger partial charge in [-0.3, -0.25) is 0 Å². The van der Waals surface area contributed by atoms with E-state index >= 15 is 0 Å². The normalized spacial score (nSPS) is 17.5. The van der Waals surface area contributed by atoms with Crippen molar-refractivity contribution in [2.24, 2.45) is 5.16 Å². The number of ether oxygens (including phenoxy) is 1. The number of aliphatic carboxylic acids is 1. The van der Waals surface area contributed by atoms with E-state index in [2.05, 4.69) is 5.16 Å². The molecule has 0 aromatic carbocycles. The fourth-order valence-corrected chi connectivity index (χ4v) is 1.44. The largest absolute Gasteiger partial charge is 0.504 e. The monoisotopic (exact) mass is 299 g/mol. The van der Waals surface area contributed by atoms with Crippen molar-refractivity contribution in [2.75, 3.05) is 6.61 Å². The highest BCUT2D eigenvalue weighted by Crippen LogP contribution is 2.19. The van der Waals surface area contributed by atoms with Crippen molar-refractivity contribution in [2.45, 2.75) is 32.8 Å². The van der Waals surface area contributed by atoms with E-state index in [4.69, 9.17) is 14.7 Å². The van der Waals surface area contributed by atoms with Gasteiger partial charge in [0.25, 0.3) is 0 Å². The minimum Gasteiger partial charge on any atom is -0.504 e. The van der Waals surface area contributed by atoms with Crippen LogP contribution in [-0.4, -0.2) is 45.2 Å². The van der Waals surface area contributed by atoms with Crippen LogP contribution in [0.3, 0.4) is 0 Å². The van der Waals surface area contributed by atoms with Crippen LogP contribution in [0.4, 0.5) is 0 Å². The maximum absolute atomic E-state index is 11.4. The second-order valence-corrected chi connectivity index (χ2v) is 5.28. The van der Waals surface area contributed by atoms with Gasteiger partial charge in [0.05, 0.1) is 0 Å². The third-order valence-electron chi connectivity index (χ3n) is 2.24. The molecule has 8 nitrogen and oxygen atoms in total. The molecule has 0 radical (unpaired) electrons. The lowest BCUT2D eigenvalue weighted by Gasteiger charge is -2.19. The molecule has 0 heterocycles. The van der Waals surface area contributed by atoms with E-state index < -0.39 is 35.7 Å². The lowest BCUT2D eigenvalue weighted by Crippen LogP contribution is -2.26. The Morgan fingerprint density at radius 1 is 1.33 bits per heavy atom. The molecule has 21 heavy (non-hydrogen) atoms. The summed E-state index contributed by atoms with van der Waals surface area (Å²) in [7, 11) is 0. The lowest BCUT2D eigenvalue weighted by molar-refractivity contribution is -0.160. The van der Waals surface area contributed by atoms with Gasteiger partial charge in [-0.05, 0) is 26.8 Å². The van der Waals surface area contributed by atoms with Gasteiger partial charge in [0.2, 0.25) is 6.61 Å². The van der Waals surface area contributed by atoms with Crippen molar-refractivity contribution < 1.29 is 34.5 Å². The van der Waals surface area contributed by atoms with Gasteiger partial charge in [-0.2, -0.15) is 0 Å². The summed E-state index contributed by atoms with van der Waals surface area (Å²) in [4.78, 5) is 26.9. The third kappa shape index (κ3) is 5.17. The van der Waals surface area contributed by atoms with Gasteiger partial charge in [0, 0.05) is 12.0 Å². The second-order valence-electron chi connectivity index (χ2n) is 5.28. The fraction of sp³-hybridized carbons (Fsp3) is 0.462. The van der Waals surface area contributed by atoms with Crippen LogP contribution in [0.25, 0.3) is 0 Å².